The Morgan fingerprint density at radius 3 is 2.56 bits per heavy atom. The summed E-state index contributed by atoms with van der Waals surface area (Å²) in [5.41, 5.74) is 1.82. The van der Waals surface area contributed by atoms with E-state index in [0.29, 0.717) is 5.92 Å². The summed E-state index contributed by atoms with van der Waals surface area (Å²) in [6.07, 6.45) is 2.42. The largest absolute Gasteiger partial charge is 0.480 e. The number of nitrogens with zero attached hydrogens (tertiary/aromatic N) is 3. The van der Waals surface area contributed by atoms with E-state index in [2.05, 4.69) is 16.1 Å². The molecule has 2 heterocycles. The fourth-order valence-electron chi connectivity index (χ4n) is 3.52. The molecule has 132 valence electrons. The van der Waals surface area contributed by atoms with Crippen LogP contribution in [0.2, 0.25) is 0 Å². The van der Waals surface area contributed by atoms with E-state index in [1.54, 1.807) is 0 Å². The average Bonchev–Trinajstić information content (AvgIpc) is 3.37. The molecule has 1 saturated carbocycles. The van der Waals surface area contributed by atoms with Gasteiger partial charge in [-0.1, -0.05) is 35.5 Å². The first kappa shape index (κ1) is 16.3. The minimum absolute atomic E-state index is 0.572. The van der Waals surface area contributed by atoms with Gasteiger partial charge in [0.1, 0.15) is 11.8 Å². The van der Waals surface area contributed by atoms with Crippen LogP contribution in [0.15, 0.2) is 40.9 Å². The first-order valence-electron chi connectivity index (χ1n) is 8.90. The van der Waals surface area contributed by atoms with Gasteiger partial charge in [0, 0.05) is 44.7 Å². The van der Waals surface area contributed by atoms with Crippen molar-refractivity contribution in [2.45, 2.75) is 31.3 Å². The second-order valence-electron chi connectivity index (χ2n) is 6.96. The van der Waals surface area contributed by atoms with Crippen molar-refractivity contribution in [3.8, 4) is 0 Å². The van der Waals surface area contributed by atoms with Crippen molar-refractivity contribution < 1.29 is 14.4 Å². The molecule has 4 rings (SSSR count). The molecule has 0 spiro atoms. The number of rotatable bonds is 6. The zero-order valence-electron chi connectivity index (χ0n) is 14.2. The Kier molecular flexibility index (Phi) is 4.55. The number of hydrogen-bond acceptors (Lipinski definition) is 5. The third kappa shape index (κ3) is 3.75. The Morgan fingerprint density at radius 1 is 1.20 bits per heavy atom. The standard InChI is InChI=1S/C19H23N3O3/c23-19(24)18(15-4-2-1-3-5-15)22-10-8-21(9-11-22)13-16-12-17(25-20-16)14-6-7-14/h1-5,12,14,18H,6-11,13H2,(H,23,24). The molecule has 1 atom stereocenters. The van der Waals surface area contributed by atoms with Gasteiger partial charge in [0.2, 0.25) is 0 Å². The highest BCUT2D eigenvalue weighted by Crippen LogP contribution is 2.40. The number of aliphatic carboxylic acids is 1. The van der Waals surface area contributed by atoms with E-state index in [1.165, 1.54) is 12.8 Å². The number of carbonyl (C=O) groups is 1. The second-order valence-corrected chi connectivity index (χ2v) is 6.96. The molecule has 1 aromatic heterocycles. The van der Waals surface area contributed by atoms with Crippen molar-refractivity contribution in [2.24, 2.45) is 0 Å². The lowest BCUT2D eigenvalue weighted by Crippen LogP contribution is -2.48. The number of hydrogen-bond donors (Lipinski definition) is 1. The van der Waals surface area contributed by atoms with Gasteiger partial charge in [-0.15, -0.1) is 0 Å². The molecule has 1 aliphatic heterocycles. The van der Waals surface area contributed by atoms with Crippen LogP contribution in [-0.2, 0) is 11.3 Å². The molecule has 1 aliphatic carbocycles. The maximum Gasteiger partial charge on any atom is 0.325 e. The monoisotopic (exact) mass is 341 g/mol. The van der Waals surface area contributed by atoms with E-state index in [4.69, 9.17) is 4.52 Å². The molecule has 2 aliphatic rings. The van der Waals surface area contributed by atoms with Crippen LogP contribution >= 0.6 is 0 Å². The van der Waals surface area contributed by atoms with E-state index in [-0.39, 0.29) is 0 Å². The van der Waals surface area contributed by atoms with Crippen molar-refractivity contribution in [3.05, 3.63) is 53.4 Å². The lowest BCUT2D eigenvalue weighted by Gasteiger charge is -2.37. The Morgan fingerprint density at radius 2 is 1.92 bits per heavy atom. The van der Waals surface area contributed by atoms with Gasteiger partial charge in [-0.25, -0.2) is 0 Å². The number of carboxylic acid groups (broad SMARTS) is 1. The third-order valence-corrected chi connectivity index (χ3v) is 5.06. The molecule has 2 aromatic rings. The van der Waals surface area contributed by atoms with Gasteiger partial charge in [0.05, 0.1) is 5.69 Å². The molecule has 1 aromatic carbocycles. The maximum atomic E-state index is 11.8. The number of aromatic nitrogens is 1. The van der Waals surface area contributed by atoms with Crippen LogP contribution < -0.4 is 0 Å². The van der Waals surface area contributed by atoms with Crippen LogP contribution in [-0.4, -0.2) is 52.2 Å². The molecule has 1 saturated heterocycles. The summed E-state index contributed by atoms with van der Waals surface area (Å²) in [5, 5.41) is 13.8. The Labute approximate surface area is 147 Å². The lowest BCUT2D eigenvalue weighted by molar-refractivity contribution is -0.144. The molecule has 6 nitrogen and oxygen atoms in total. The Balaban J connectivity index is 1.35. The van der Waals surface area contributed by atoms with Gasteiger partial charge in [-0.2, -0.15) is 0 Å². The van der Waals surface area contributed by atoms with E-state index < -0.39 is 12.0 Å². The van der Waals surface area contributed by atoms with Gasteiger partial charge in [-0.3, -0.25) is 14.6 Å². The van der Waals surface area contributed by atoms with Gasteiger partial charge < -0.3 is 9.63 Å². The maximum absolute atomic E-state index is 11.8. The zero-order chi connectivity index (χ0) is 17.2. The molecule has 0 amide bonds. The summed E-state index contributed by atoms with van der Waals surface area (Å²) in [5.74, 6) is 0.814. The zero-order valence-corrected chi connectivity index (χ0v) is 14.2. The molecule has 1 unspecified atom stereocenters. The summed E-state index contributed by atoms with van der Waals surface area (Å²) in [6.45, 7) is 3.91. The van der Waals surface area contributed by atoms with Crippen molar-refractivity contribution in [1.82, 2.24) is 15.0 Å². The summed E-state index contributed by atoms with van der Waals surface area (Å²) in [4.78, 5) is 16.1. The summed E-state index contributed by atoms with van der Waals surface area (Å²) in [6, 6.07) is 11.0. The molecule has 0 radical (unpaired) electrons. The minimum atomic E-state index is -0.787. The minimum Gasteiger partial charge on any atom is -0.480 e. The highest BCUT2D eigenvalue weighted by molar-refractivity contribution is 5.75. The number of piperazine rings is 1. The van der Waals surface area contributed by atoms with Crippen LogP contribution in [0.4, 0.5) is 0 Å². The predicted molar refractivity (Wildman–Crippen MR) is 92.1 cm³/mol. The number of carboxylic acids is 1. The molecule has 1 N–H and O–H groups in total. The third-order valence-electron chi connectivity index (χ3n) is 5.06. The van der Waals surface area contributed by atoms with E-state index in [0.717, 1.165) is 49.7 Å². The first-order chi connectivity index (χ1) is 12.2. The van der Waals surface area contributed by atoms with Gasteiger partial charge in [-0.05, 0) is 18.4 Å². The summed E-state index contributed by atoms with van der Waals surface area (Å²) in [7, 11) is 0. The van der Waals surface area contributed by atoms with Crippen molar-refractivity contribution in [2.75, 3.05) is 26.2 Å². The normalized spacial score (nSPS) is 20.5. The van der Waals surface area contributed by atoms with E-state index in [1.807, 2.05) is 35.2 Å². The smallest absolute Gasteiger partial charge is 0.325 e. The fraction of sp³-hybridized carbons (Fsp3) is 0.474. The quantitative estimate of drug-likeness (QED) is 0.870. The molecular formula is C19H23N3O3. The van der Waals surface area contributed by atoms with Crippen molar-refractivity contribution >= 4 is 5.97 Å². The van der Waals surface area contributed by atoms with Crippen LogP contribution in [0.5, 0.6) is 0 Å². The van der Waals surface area contributed by atoms with Crippen molar-refractivity contribution in [3.63, 3.8) is 0 Å². The average molecular weight is 341 g/mol. The summed E-state index contributed by atoms with van der Waals surface area (Å²) < 4.78 is 5.41. The van der Waals surface area contributed by atoms with Crippen LogP contribution in [0.1, 0.15) is 41.8 Å². The highest BCUT2D eigenvalue weighted by Gasteiger charge is 2.31. The van der Waals surface area contributed by atoms with Crippen molar-refractivity contribution in [1.29, 1.82) is 0 Å². The number of benzene rings is 1. The Hall–Kier alpha value is -2.18. The molecule has 0 bridgehead atoms. The lowest BCUT2D eigenvalue weighted by atomic mass is 10.0. The van der Waals surface area contributed by atoms with E-state index in [9.17, 15) is 9.90 Å². The van der Waals surface area contributed by atoms with Gasteiger partial charge in [0.15, 0.2) is 0 Å². The van der Waals surface area contributed by atoms with Crippen LogP contribution in [0.3, 0.4) is 0 Å². The topological polar surface area (TPSA) is 69.8 Å². The SMILES string of the molecule is O=C(O)C(c1ccccc1)N1CCN(Cc2cc(C3CC3)on2)CC1. The molecule has 25 heavy (non-hydrogen) atoms. The van der Waals surface area contributed by atoms with Crippen LogP contribution in [0, 0.1) is 0 Å². The second kappa shape index (κ2) is 6.98. The fourth-order valence-corrected chi connectivity index (χ4v) is 3.52. The van der Waals surface area contributed by atoms with Gasteiger partial charge in [0.25, 0.3) is 0 Å². The van der Waals surface area contributed by atoms with E-state index >= 15 is 0 Å². The molecule has 6 heteroatoms. The van der Waals surface area contributed by atoms with Gasteiger partial charge >= 0.3 is 5.97 Å². The highest BCUT2D eigenvalue weighted by atomic mass is 16.5. The van der Waals surface area contributed by atoms with Crippen LogP contribution in [0.25, 0.3) is 0 Å². The first-order valence-corrected chi connectivity index (χ1v) is 8.90. The summed E-state index contributed by atoms with van der Waals surface area (Å²) >= 11 is 0. The molecular weight excluding hydrogens is 318 g/mol. The Bertz CT molecular complexity index is 719. The predicted octanol–water partition coefficient (Wildman–Crippen LogP) is 2.50. The molecule has 2 fully saturated rings.